The lowest BCUT2D eigenvalue weighted by molar-refractivity contribution is 0.0231. The lowest BCUT2D eigenvalue weighted by atomic mass is 9.94. The molecule has 0 radical (unpaired) electrons. The molecule has 1 saturated heterocycles. The van der Waals surface area contributed by atoms with Gasteiger partial charge < -0.3 is 10.0 Å². The zero-order valence-electron chi connectivity index (χ0n) is 10.3. The van der Waals surface area contributed by atoms with Crippen molar-refractivity contribution in [3.05, 3.63) is 15.0 Å². The molecule has 0 amide bonds. The van der Waals surface area contributed by atoms with Crippen molar-refractivity contribution >= 4 is 27.3 Å². The predicted octanol–water partition coefficient (Wildman–Crippen LogP) is 2.99. The van der Waals surface area contributed by atoms with Gasteiger partial charge in [-0.15, -0.1) is 11.3 Å². The van der Waals surface area contributed by atoms with Gasteiger partial charge in [-0.05, 0) is 55.6 Å². The second-order valence-corrected chi connectivity index (χ2v) is 6.59. The van der Waals surface area contributed by atoms with Crippen LogP contribution in [-0.2, 0) is 5.60 Å². The van der Waals surface area contributed by atoms with Crippen LogP contribution in [0.3, 0.4) is 0 Å². The molecule has 1 atom stereocenters. The highest BCUT2D eigenvalue weighted by Crippen LogP contribution is 2.39. The highest BCUT2D eigenvalue weighted by Gasteiger charge is 2.35. The topological polar surface area (TPSA) is 36.4 Å². The fourth-order valence-corrected chi connectivity index (χ4v) is 4.14. The Kier molecular flexibility index (Phi) is 4.23. The van der Waals surface area contributed by atoms with Crippen molar-refractivity contribution in [2.24, 2.45) is 0 Å². The van der Waals surface area contributed by atoms with Crippen LogP contribution >= 0.6 is 27.3 Å². The molecule has 0 spiro atoms. The van der Waals surface area contributed by atoms with E-state index in [0.717, 1.165) is 41.8 Å². The molecule has 0 saturated carbocycles. The van der Waals surface area contributed by atoms with Crippen LogP contribution in [0.1, 0.15) is 38.0 Å². The van der Waals surface area contributed by atoms with Crippen molar-refractivity contribution in [1.29, 1.82) is 0 Å². The number of thiazole rings is 1. The number of rotatable bonds is 2. The van der Waals surface area contributed by atoms with Gasteiger partial charge in [0.1, 0.15) is 10.2 Å². The molecule has 0 bridgehead atoms. The molecule has 0 aromatic carbocycles. The number of hydrogen-bond donors (Lipinski definition) is 1. The van der Waals surface area contributed by atoms with Gasteiger partial charge in [-0.2, -0.15) is 0 Å². The third kappa shape index (κ3) is 2.89. The van der Waals surface area contributed by atoms with E-state index in [1.54, 1.807) is 16.8 Å². The molecule has 1 fully saturated rings. The molecule has 2 heterocycles. The molecular formula is C12H19BrN2OS. The average molecular weight is 319 g/mol. The molecular weight excluding hydrogens is 300 g/mol. The molecule has 1 aliphatic rings. The Balaban J connectivity index is 2.15. The summed E-state index contributed by atoms with van der Waals surface area (Å²) in [5, 5.41) is 10.8. The number of halogens is 1. The average Bonchev–Trinajstić information content (AvgIpc) is 2.59. The first kappa shape index (κ1) is 13.5. The van der Waals surface area contributed by atoms with Gasteiger partial charge in [-0.3, -0.25) is 0 Å². The van der Waals surface area contributed by atoms with Crippen LogP contribution in [0.15, 0.2) is 10.1 Å². The molecule has 1 unspecified atom stereocenters. The predicted molar refractivity (Wildman–Crippen MR) is 74.3 cm³/mol. The summed E-state index contributed by atoms with van der Waals surface area (Å²) in [4.78, 5) is 7.61. The van der Waals surface area contributed by atoms with E-state index < -0.39 is 5.60 Å². The highest BCUT2D eigenvalue weighted by molar-refractivity contribution is 9.10. The molecule has 1 aromatic heterocycles. The maximum Gasteiger partial charge on any atom is 0.123 e. The van der Waals surface area contributed by atoms with Crippen molar-refractivity contribution in [1.82, 2.24) is 9.88 Å². The Labute approximate surface area is 115 Å². The summed E-state index contributed by atoms with van der Waals surface area (Å²) in [5.74, 6) is 0. The van der Waals surface area contributed by atoms with E-state index in [9.17, 15) is 5.11 Å². The minimum absolute atomic E-state index is 0.558. The summed E-state index contributed by atoms with van der Waals surface area (Å²) >= 11 is 4.98. The van der Waals surface area contributed by atoms with E-state index >= 15 is 0 Å². The monoisotopic (exact) mass is 318 g/mol. The van der Waals surface area contributed by atoms with Crippen LogP contribution in [-0.4, -0.2) is 34.1 Å². The van der Waals surface area contributed by atoms with Gasteiger partial charge >= 0.3 is 0 Å². The normalized spacial score (nSPS) is 27.4. The van der Waals surface area contributed by atoms with Crippen LogP contribution in [0.2, 0.25) is 0 Å². The van der Waals surface area contributed by atoms with Gasteiger partial charge in [0.25, 0.3) is 0 Å². The summed E-state index contributed by atoms with van der Waals surface area (Å²) < 4.78 is 0.808. The number of hydrogen-bond acceptors (Lipinski definition) is 4. The van der Waals surface area contributed by atoms with Crippen LogP contribution < -0.4 is 0 Å². The van der Waals surface area contributed by atoms with Crippen molar-refractivity contribution in [2.45, 2.75) is 44.8 Å². The molecule has 0 aliphatic carbocycles. The van der Waals surface area contributed by atoms with Crippen LogP contribution in [0, 0.1) is 0 Å². The Hall–Kier alpha value is 0.0300. The number of aromatic nitrogens is 1. The van der Waals surface area contributed by atoms with E-state index in [2.05, 4.69) is 39.7 Å². The first-order chi connectivity index (χ1) is 8.03. The highest BCUT2D eigenvalue weighted by atomic mass is 79.9. The minimum atomic E-state index is -0.691. The molecule has 3 nitrogen and oxygen atoms in total. The van der Waals surface area contributed by atoms with Gasteiger partial charge in [0.2, 0.25) is 0 Å². The zero-order valence-corrected chi connectivity index (χ0v) is 12.7. The smallest absolute Gasteiger partial charge is 0.123 e. The fourth-order valence-electron chi connectivity index (χ4n) is 2.42. The van der Waals surface area contributed by atoms with Crippen molar-refractivity contribution < 1.29 is 5.11 Å². The molecule has 96 valence electrons. The van der Waals surface area contributed by atoms with Gasteiger partial charge in [-0.1, -0.05) is 0 Å². The summed E-state index contributed by atoms with van der Waals surface area (Å²) in [6, 6.07) is 0.558. The van der Waals surface area contributed by atoms with E-state index in [4.69, 9.17) is 0 Å². The summed E-state index contributed by atoms with van der Waals surface area (Å²) in [7, 11) is 0. The van der Waals surface area contributed by atoms with Crippen LogP contribution in [0.4, 0.5) is 0 Å². The number of aliphatic hydroxyl groups is 1. The summed E-state index contributed by atoms with van der Waals surface area (Å²) in [6.07, 6.45) is 2.67. The first-order valence-electron chi connectivity index (χ1n) is 6.09. The number of nitrogens with zero attached hydrogens (tertiary/aromatic N) is 2. The maximum atomic E-state index is 10.8. The molecule has 2 rings (SSSR count). The molecule has 5 heteroatoms. The maximum absolute atomic E-state index is 10.8. The third-order valence-electron chi connectivity index (χ3n) is 3.53. The second-order valence-electron chi connectivity index (χ2n) is 4.99. The van der Waals surface area contributed by atoms with E-state index in [0.29, 0.717) is 6.04 Å². The van der Waals surface area contributed by atoms with Gasteiger partial charge in [0.15, 0.2) is 0 Å². The molecule has 1 N–H and O–H groups in total. The lowest BCUT2D eigenvalue weighted by Crippen LogP contribution is -2.33. The first-order valence-corrected chi connectivity index (χ1v) is 7.76. The van der Waals surface area contributed by atoms with E-state index in [-0.39, 0.29) is 0 Å². The van der Waals surface area contributed by atoms with E-state index in [1.165, 1.54) is 0 Å². The summed E-state index contributed by atoms with van der Waals surface area (Å²) in [5.41, 5.74) is 1.10. The van der Waals surface area contributed by atoms with E-state index in [1.807, 2.05) is 0 Å². The Morgan fingerprint density at radius 1 is 1.47 bits per heavy atom. The van der Waals surface area contributed by atoms with Gasteiger partial charge in [-0.25, -0.2) is 4.98 Å². The molecule has 1 aliphatic heterocycles. The van der Waals surface area contributed by atoms with Crippen molar-refractivity contribution in [3.8, 4) is 0 Å². The number of likely N-dealkylation sites (tertiary alicyclic amines) is 1. The minimum Gasteiger partial charge on any atom is -0.384 e. The third-order valence-corrected chi connectivity index (χ3v) is 5.41. The molecule has 1 aromatic rings. The van der Waals surface area contributed by atoms with Crippen LogP contribution in [0.25, 0.3) is 0 Å². The van der Waals surface area contributed by atoms with Crippen molar-refractivity contribution in [3.63, 3.8) is 0 Å². The Morgan fingerprint density at radius 3 is 2.82 bits per heavy atom. The SMILES string of the molecule is CC(C)N1CCCC(O)(c2scnc2Br)CC1. The van der Waals surface area contributed by atoms with Crippen LogP contribution in [0.5, 0.6) is 0 Å². The standard InChI is InChI=1S/C12H19BrN2OS/c1-9(2)15-6-3-4-12(16,5-7-15)10-11(13)14-8-17-10/h8-9,16H,3-7H2,1-2H3. The Morgan fingerprint density at radius 2 is 2.24 bits per heavy atom. The quantitative estimate of drug-likeness (QED) is 0.910. The Bertz CT molecular complexity index is 382. The van der Waals surface area contributed by atoms with Crippen molar-refractivity contribution in [2.75, 3.05) is 13.1 Å². The zero-order chi connectivity index (χ0) is 12.5. The molecule has 17 heavy (non-hydrogen) atoms. The lowest BCUT2D eigenvalue weighted by Gasteiger charge is -2.27. The fraction of sp³-hybridized carbons (Fsp3) is 0.750. The second kappa shape index (κ2) is 5.34. The van der Waals surface area contributed by atoms with Gasteiger partial charge in [0.05, 0.1) is 10.4 Å². The summed E-state index contributed by atoms with van der Waals surface area (Å²) in [6.45, 7) is 6.47. The van der Waals surface area contributed by atoms with Gasteiger partial charge in [0, 0.05) is 12.6 Å². The largest absolute Gasteiger partial charge is 0.384 e.